The SMILES string of the molecule is COCCN(C)C(=O)C[C@@H](Cc1ccccc1)C(=O)O. The fraction of sp³-hybridized carbons (Fsp3) is 0.467. The summed E-state index contributed by atoms with van der Waals surface area (Å²) in [6.45, 7) is 0.908. The molecule has 1 rings (SSSR count). The van der Waals surface area contributed by atoms with Gasteiger partial charge in [0.2, 0.25) is 5.91 Å². The minimum absolute atomic E-state index is 0.00441. The molecule has 1 amide bonds. The minimum Gasteiger partial charge on any atom is -0.481 e. The number of rotatable bonds is 8. The molecule has 0 aromatic heterocycles. The molecule has 0 aliphatic carbocycles. The van der Waals surface area contributed by atoms with Crippen molar-refractivity contribution >= 4 is 11.9 Å². The average molecular weight is 279 g/mol. The van der Waals surface area contributed by atoms with Crippen LogP contribution in [-0.2, 0) is 20.7 Å². The van der Waals surface area contributed by atoms with Gasteiger partial charge in [-0.15, -0.1) is 0 Å². The van der Waals surface area contributed by atoms with Crippen molar-refractivity contribution in [1.82, 2.24) is 4.90 Å². The molecule has 0 saturated carbocycles. The maximum Gasteiger partial charge on any atom is 0.307 e. The Kier molecular flexibility index (Phi) is 6.73. The number of benzene rings is 1. The van der Waals surface area contributed by atoms with Crippen LogP contribution < -0.4 is 0 Å². The fourth-order valence-electron chi connectivity index (χ4n) is 1.86. The second-order valence-corrected chi connectivity index (χ2v) is 4.74. The highest BCUT2D eigenvalue weighted by Gasteiger charge is 2.23. The van der Waals surface area contributed by atoms with E-state index in [0.717, 1.165) is 5.56 Å². The number of hydrogen-bond acceptors (Lipinski definition) is 3. The van der Waals surface area contributed by atoms with Crippen molar-refractivity contribution in [2.24, 2.45) is 5.92 Å². The molecule has 0 heterocycles. The van der Waals surface area contributed by atoms with E-state index >= 15 is 0 Å². The number of methoxy groups -OCH3 is 1. The fourth-order valence-corrected chi connectivity index (χ4v) is 1.86. The van der Waals surface area contributed by atoms with E-state index in [0.29, 0.717) is 19.6 Å². The first kappa shape index (κ1) is 16.2. The number of likely N-dealkylation sites (N-methyl/N-ethyl adjacent to an activating group) is 1. The Hall–Kier alpha value is -1.88. The predicted molar refractivity (Wildman–Crippen MR) is 75.4 cm³/mol. The lowest BCUT2D eigenvalue weighted by Gasteiger charge is -2.19. The molecule has 0 aliphatic heterocycles. The average Bonchev–Trinajstić information content (AvgIpc) is 2.44. The Bertz CT molecular complexity index is 433. The Labute approximate surface area is 119 Å². The molecule has 5 heteroatoms. The highest BCUT2D eigenvalue weighted by atomic mass is 16.5. The van der Waals surface area contributed by atoms with Gasteiger partial charge in [-0.2, -0.15) is 0 Å². The molecule has 5 nitrogen and oxygen atoms in total. The van der Waals surface area contributed by atoms with Crippen LogP contribution in [0.3, 0.4) is 0 Å². The summed E-state index contributed by atoms with van der Waals surface area (Å²) in [5.41, 5.74) is 0.923. The van der Waals surface area contributed by atoms with Gasteiger partial charge in [0.1, 0.15) is 0 Å². The van der Waals surface area contributed by atoms with E-state index in [1.807, 2.05) is 30.3 Å². The summed E-state index contributed by atoms with van der Waals surface area (Å²) >= 11 is 0. The highest BCUT2D eigenvalue weighted by molar-refractivity contribution is 5.82. The topological polar surface area (TPSA) is 66.8 Å². The lowest BCUT2D eigenvalue weighted by molar-refractivity contribution is -0.145. The van der Waals surface area contributed by atoms with Crippen molar-refractivity contribution in [3.63, 3.8) is 0 Å². The van der Waals surface area contributed by atoms with Gasteiger partial charge in [0.05, 0.1) is 12.5 Å². The molecule has 0 aliphatic rings. The molecule has 0 saturated heterocycles. The summed E-state index contributed by atoms with van der Waals surface area (Å²) in [5.74, 6) is -1.82. The van der Waals surface area contributed by atoms with Crippen LogP contribution in [0.25, 0.3) is 0 Å². The number of ether oxygens (including phenoxy) is 1. The molecule has 0 spiro atoms. The molecular weight excluding hydrogens is 258 g/mol. The summed E-state index contributed by atoms with van der Waals surface area (Å²) in [6, 6.07) is 9.34. The molecule has 1 aromatic carbocycles. The van der Waals surface area contributed by atoms with Gasteiger partial charge in [-0.25, -0.2) is 0 Å². The highest BCUT2D eigenvalue weighted by Crippen LogP contribution is 2.14. The van der Waals surface area contributed by atoms with Gasteiger partial charge in [0.25, 0.3) is 0 Å². The lowest BCUT2D eigenvalue weighted by Crippen LogP contribution is -2.33. The summed E-state index contributed by atoms with van der Waals surface area (Å²) in [4.78, 5) is 24.7. The third-order valence-corrected chi connectivity index (χ3v) is 3.15. The molecule has 0 fully saturated rings. The van der Waals surface area contributed by atoms with Crippen molar-refractivity contribution in [3.05, 3.63) is 35.9 Å². The van der Waals surface area contributed by atoms with Crippen molar-refractivity contribution in [2.45, 2.75) is 12.8 Å². The van der Waals surface area contributed by atoms with Crippen LogP contribution in [0.5, 0.6) is 0 Å². The maximum atomic E-state index is 12.0. The monoisotopic (exact) mass is 279 g/mol. The van der Waals surface area contributed by atoms with Gasteiger partial charge in [-0.3, -0.25) is 9.59 Å². The number of hydrogen-bond donors (Lipinski definition) is 1. The van der Waals surface area contributed by atoms with E-state index in [4.69, 9.17) is 4.74 Å². The smallest absolute Gasteiger partial charge is 0.307 e. The maximum absolute atomic E-state index is 12.0. The standard InChI is InChI=1S/C15H21NO4/c1-16(8-9-20-2)14(17)11-13(15(18)19)10-12-6-4-3-5-7-12/h3-7,13H,8-11H2,1-2H3,(H,18,19)/t13-/m1/s1. The zero-order valence-electron chi connectivity index (χ0n) is 11.9. The van der Waals surface area contributed by atoms with Crippen LogP contribution in [0.4, 0.5) is 0 Å². The molecule has 0 radical (unpaired) electrons. The first-order valence-corrected chi connectivity index (χ1v) is 6.54. The molecule has 110 valence electrons. The van der Waals surface area contributed by atoms with Crippen molar-refractivity contribution in [2.75, 3.05) is 27.3 Å². The second kappa shape index (κ2) is 8.32. The molecule has 1 N–H and O–H groups in total. The zero-order chi connectivity index (χ0) is 15.0. The Balaban J connectivity index is 2.59. The van der Waals surface area contributed by atoms with E-state index in [-0.39, 0.29) is 12.3 Å². The van der Waals surface area contributed by atoms with Crippen LogP contribution in [0.1, 0.15) is 12.0 Å². The largest absolute Gasteiger partial charge is 0.481 e. The van der Waals surface area contributed by atoms with Gasteiger partial charge in [0.15, 0.2) is 0 Å². The summed E-state index contributed by atoms with van der Waals surface area (Å²) in [6.07, 6.45) is 0.366. The van der Waals surface area contributed by atoms with E-state index in [1.165, 1.54) is 4.90 Å². The van der Waals surface area contributed by atoms with Crippen molar-refractivity contribution in [1.29, 1.82) is 0 Å². The number of amides is 1. The Morgan fingerprint density at radius 1 is 1.30 bits per heavy atom. The third-order valence-electron chi connectivity index (χ3n) is 3.15. The molecule has 1 atom stereocenters. The number of carboxylic acids is 1. The summed E-state index contributed by atoms with van der Waals surface area (Å²) < 4.78 is 4.90. The van der Waals surface area contributed by atoms with Crippen LogP contribution >= 0.6 is 0 Å². The van der Waals surface area contributed by atoms with Crippen molar-refractivity contribution < 1.29 is 19.4 Å². The number of nitrogens with zero attached hydrogens (tertiary/aromatic N) is 1. The summed E-state index contributed by atoms with van der Waals surface area (Å²) in [7, 11) is 3.22. The number of carbonyl (C=O) groups excluding carboxylic acids is 1. The second-order valence-electron chi connectivity index (χ2n) is 4.74. The van der Waals surface area contributed by atoms with Crippen LogP contribution in [0.2, 0.25) is 0 Å². The van der Waals surface area contributed by atoms with E-state index in [9.17, 15) is 14.7 Å². The van der Waals surface area contributed by atoms with Gasteiger partial charge in [-0.1, -0.05) is 30.3 Å². The lowest BCUT2D eigenvalue weighted by atomic mass is 9.96. The zero-order valence-corrected chi connectivity index (χ0v) is 11.9. The number of carbonyl (C=O) groups is 2. The predicted octanol–water partition coefficient (Wildman–Crippen LogP) is 1.42. The van der Waals surface area contributed by atoms with E-state index in [2.05, 4.69) is 0 Å². The quantitative estimate of drug-likeness (QED) is 0.781. The number of carboxylic acid groups (broad SMARTS) is 1. The Morgan fingerprint density at radius 3 is 2.50 bits per heavy atom. The molecule has 0 bridgehead atoms. The van der Waals surface area contributed by atoms with Crippen LogP contribution in [0, 0.1) is 5.92 Å². The van der Waals surface area contributed by atoms with Crippen molar-refractivity contribution in [3.8, 4) is 0 Å². The third kappa shape index (κ3) is 5.40. The van der Waals surface area contributed by atoms with Gasteiger partial charge >= 0.3 is 5.97 Å². The molecule has 20 heavy (non-hydrogen) atoms. The van der Waals surface area contributed by atoms with Gasteiger partial charge in [0, 0.05) is 27.1 Å². The number of aliphatic carboxylic acids is 1. The normalized spacial score (nSPS) is 11.9. The summed E-state index contributed by atoms with van der Waals surface area (Å²) in [5, 5.41) is 9.25. The Morgan fingerprint density at radius 2 is 1.95 bits per heavy atom. The minimum atomic E-state index is -0.942. The molecule has 0 unspecified atom stereocenters. The first-order valence-electron chi connectivity index (χ1n) is 6.54. The first-order chi connectivity index (χ1) is 9.54. The van der Waals surface area contributed by atoms with Crippen LogP contribution in [-0.4, -0.2) is 49.2 Å². The van der Waals surface area contributed by atoms with E-state index < -0.39 is 11.9 Å². The van der Waals surface area contributed by atoms with Gasteiger partial charge in [-0.05, 0) is 12.0 Å². The van der Waals surface area contributed by atoms with E-state index in [1.54, 1.807) is 14.2 Å². The van der Waals surface area contributed by atoms with Crippen LogP contribution in [0.15, 0.2) is 30.3 Å². The molecular formula is C15H21NO4. The molecule has 1 aromatic rings. The van der Waals surface area contributed by atoms with Gasteiger partial charge < -0.3 is 14.7 Å².